The quantitative estimate of drug-likeness (QED) is 0.318. The Morgan fingerprint density at radius 1 is 1.03 bits per heavy atom. The normalized spacial score (nSPS) is 11.3. The highest BCUT2D eigenvalue weighted by Gasteiger charge is 2.19. The van der Waals surface area contributed by atoms with Gasteiger partial charge in [-0.25, -0.2) is 13.4 Å². The van der Waals surface area contributed by atoms with Gasteiger partial charge in [0.25, 0.3) is 15.9 Å². The van der Waals surface area contributed by atoms with Gasteiger partial charge in [0.05, 0.1) is 30.5 Å². The van der Waals surface area contributed by atoms with E-state index in [1.165, 1.54) is 23.5 Å². The summed E-state index contributed by atoms with van der Waals surface area (Å²) in [4.78, 5) is 18.4. The zero-order valence-electron chi connectivity index (χ0n) is 16.1. The van der Waals surface area contributed by atoms with E-state index in [4.69, 9.17) is 0 Å². The van der Waals surface area contributed by atoms with Crippen LogP contribution in [0.2, 0.25) is 0 Å². The second-order valence-electron chi connectivity index (χ2n) is 6.56. The van der Waals surface area contributed by atoms with Crippen molar-refractivity contribution in [2.75, 3.05) is 10.0 Å². The van der Waals surface area contributed by atoms with Crippen molar-refractivity contribution in [1.82, 2.24) is 4.98 Å². The number of aryl methyl sites for hydroxylation is 1. The first-order valence-electron chi connectivity index (χ1n) is 9.03. The van der Waals surface area contributed by atoms with Gasteiger partial charge in [-0.1, -0.05) is 29.8 Å². The number of thiazole rings is 1. The lowest BCUT2D eigenvalue weighted by Crippen LogP contribution is -2.18. The minimum absolute atomic E-state index is 0.125. The second-order valence-corrected chi connectivity index (χ2v) is 11.6. The number of amides is 1. The van der Waals surface area contributed by atoms with Crippen LogP contribution < -0.4 is 10.0 Å². The maximum atomic E-state index is 12.9. The number of benzene rings is 2. The Balaban J connectivity index is 1.55. The van der Waals surface area contributed by atoms with Crippen LogP contribution in [-0.2, 0) is 10.0 Å². The monoisotopic (exact) mass is 533 g/mol. The molecular formula is C21H16BrN3O3S3. The van der Waals surface area contributed by atoms with Crippen molar-refractivity contribution in [3.05, 3.63) is 81.0 Å². The van der Waals surface area contributed by atoms with Gasteiger partial charge >= 0.3 is 0 Å². The molecule has 0 aliphatic heterocycles. The summed E-state index contributed by atoms with van der Waals surface area (Å²) in [5.74, 6) is -0.449. The van der Waals surface area contributed by atoms with Crippen LogP contribution >= 0.6 is 38.6 Å². The molecule has 0 atom stereocenters. The van der Waals surface area contributed by atoms with E-state index in [1.807, 2.05) is 24.4 Å². The summed E-state index contributed by atoms with van der Waals surface area (Å²) < 4.78 is 29.0. The molecule has 0 spiro atoms. The van der Waals surface area contributed by atoms with Gasteiger partial charge in [0.2, 0.25) is 0 Å². The second kappa shape index (κ2) is 8.91. The fourth-order valence-electron chi connectivity index (χ4n) is 2.75. The molecule has 2 aromatic heterocycles. The lowest BCUT2D eigenvalue weighted by Gasteiger charge is -2.12. The van der Waals surface area contributed by atoms with Gasteiger partial charge in [-0.05, 0) is 59.3 Å². The van der Waals surface area contributed by atoms with Crippen LogP contribution in [0.15, 0.2) is 74.7 Å². The molecule has 31 heavy (non-hydrogen) atoms. The average Bonchev–Trinajstić information content (AvgIpc) is 3.37. The predicted octanol–water partition coefficient (Wildman–Crippen LogP) is 6.00. The predicted molar refractivity (Wildman–Crippen MR) is 130 cm³/mol. The molecule has 0 aliphatic rings. The van der Waals surface area contributed by atoms with E-state index in [9.17, 15) is 13.2 Å². The Labute approximate surface area is 196 Å². The zero-order valence-corrected chi connectivity index (χ0v) is 20.2. The van der Waals surface area contributed by atoms with E-state index < -0.39 is 15.9 Å². The highest BCUT2D eigenvalue weighted by molar-refractivity contribution is 9.11. The van der Waals surface area contributed by atoms with Crippen molar-refractivity contribution in [2.24, 2.45) is 0 Å². The van der Waals surface area contributed by atoms with Crippen molar-refractivity contribution in [2.45, 2.75) is 11.8 Å². The summed E-state index contributed by atoms with van der Waals surface area (Å²) in [7, 11) is -3.83. The van der Waals surface area contributed by atoms with Crippen LogP contribution in [0.3, 0.4) is 0 Å². The maximum Gasteiger partial charge on any atom is 0.261 e. The molecule has 0 aliphatic carbocycles. The average molecular weight is 534 g/mol. The first-order chi connectivity index (χ1) is 14.8. The lowest BCUT2D eigenvalue weighted by molar-refractivity contribution is 0.102. The van der Waals surface area contributed by atoms with E-state index >= 15 is 0 Å². The molecule has 2 aromatic carbocycles. The smallest absolute Gasteiger partial charge is 0.261 e. The van der Waals surface area contributed by atoms with Gasteiger partial charge in [0, 0.05) is 5.38 Å². The van der Waals surface area contributed by atoms with E-state index in [1.54, 1.807) is 47.7 Å². The van der Waals surface area contributed by atoms with Gasteiger partial charge in [0.1, 0.15) is 0 Å². The summed E-state index contributed by atoms with van der Waals surface area (Å²) in [5.41, 5.74) is 2.12. The zero-order chi connectivity index (χ0) is 22.0. The molecular weight excluding hydrogens is 518 g/mol. The SMILES string of the molecule is Cc1ccc(S(=O)(=O)Nc2ccccc2C(=O)Nc2nc(-c3ccc(Br)s3)cs2)cc1. The molecule has 0 radical (unpaired) electrons. The number of rotatable bonds is 6. The molecule has 158 valence electrons. The number of carbonyl (C=O) groups is 1. The van der Waals surface area contributed by atoms with Crippen LogP contribution in [0.1, 0.15) is 15.9 Å². The number of aromatic nitrogens is 1. The fraction of sp³-hybridized carbons (Fsp3) is 0.0476. The lowest BCUT2D eigenvalue weighted by atomic mass is 10.2. The molecule has 0 saturated carbocycles. The number of sulfonamides is 1. The first kappa shape index (κ1) is 21.7. The Kier molecular flexibility index (Phi) is 6.24. The van der Waals surface area contributed by atoms with Crippen molar-refractivity contribution in [3.8, 4) is 10.6 Å². The molecule has 2 heterocycles. The molecule has 4 aromatic rings. The number of nitrogens with one attached hydrogen (secondary N) is 2. The summed E-state index contributed by atoms with van der Waals surface area (Å²) >= 11 is 6.28. The molecule has 0 saturated heterocycles. The van der Waals surface area contributed by atoms with Crippen LogP contribution in [0.5, 0.6) is 0 Å². The molecule has 10 heteroatoms. The Bertz CT molecular complexity index is 1350. The summed E-state index contributed by atoms with van der Waals surface area (Å²) in [6.45, 7) is 1.88. The summed E-state index contributed by atoms with van der Waals surface area (Å²) in [5, 5.41) is 5.05. The Hall–Kier alpha value is -2.53. The van der Waals surface area contributed by atoms with Gasteiger partial charge in [-0.2, -0.15) is 0 Å². The van der Waals surface area contributed by atoms with E-state index in [-0.39, 0.29) is 16.1 Å². The number of anilines is 2. The number of para-hydroxylation sites is 1. The standard InChI is InChI=1S/C21H16BrN3O3S3/c1-13-6-8-14(9-7-13)31(27,28)25-16-5-3-2-4-15(16)20(26)24-21-23-17(12-29-21)18-10-11-19(22)30-18/h2-12,25H,1H3,(H,23,24,26). The van der Waals surface area contributed by atoms with E-state index in [2.05, 4.69) is 31.0 Å². The van der Waals surface area contributed by atoms with Crippen LogP contribution in [-0.4, -0.2) is 19.3 Å². The van der Waals surface area contributed by atoms with Crippen LogP contribution in [0.4, 0.5) is 10.8 Å². The maximum absolute atomic E-state index is 12.9. The van der Waals surface area contributed by atoms with E-state index in [0.29, 0.717) is 5.13 Å². The molecule has 0 fully saturated rings. The van der Waals surface area contributed by atoms with Crippen molar-refractivity contribution in [1.29, 1.82) is 0 Å². The number of carbonyl (C=O) groups excluding carboxylic acids is 1. The van der Waals surface area contributed by atoms with Crippen molar-refractivity contribution >= 4 is 65.4 Å². The topological polar surface area (TPSA) is 88.2 Å². The Morgan fingerprint density at radius 2 is 1.77 bits per heavy atom. The summed E-state index contributed by atoms with van der Waals surface area (Å²) in [6.07, 6.45) is 0. The molecule has 6 nitrogen and oxygen atoms in total. The third-order valence-corrected chi connectivity index (χ3v) is 8.08. The number of halogens is 1. The molecule has 0 bridgehead atoms. The molecule has 4 rings (SSSR count). The van der Waals surface area contributed by atoms with Crippen LogP contribution in [0.25, 0.3) is 10.6 Å². The van der Waals surface area contributed by atoms with E-state index in [0.717, 1.165) is 19.9 Å². The molecule has 1 amide bonds. The summed E-state index contributed by atoms with van der Waals surface area (Å²) in [6, 6.07) is 16.8. The van der Waals surface area contributed by atoms with Crippen LogP contribution in [0, 0.1) is 6.92 Å². The minimum atomic E-state index is -3.83. The molecule has 0 unspecified atom stereocenters. The number of nitrogens with zero attached hydrogens (tertiary/aromatic N) is 1. The number of hydrogen-bond acceptors (Lipinski definition) is 6. The Morgan fingerprint density at radius 3 is 2.48 bits per heavy atom. The number of hydrogen-bond donors (Lipinski definition) is 2. The largest absolute Gasteiger partial charge is 0.298 e. The van der Waals surface area contributed by atoms with Crippen molar-refractivity contribution in [3.63, 3.8) is 0 Å². The third-order valence-electron chi connectivity index (χ3n) is 4.30. The highest BCUT2D eigenvalue weighted by atomic mass is 79.9. The molecule has 2 N–H and O–H groups in total. The van der Waals surface area contributed by atoms with Gasteiger partial charge in [0.15, 0.2) is 5.13 Å². The minimum Gasteiger partial charge on any atom is -0.298 e. The fourth-order valence-corrected chi connectivity index (χ4v) is 5.96. The highest BCUT2D eigenvalue weighted by Crippen LogP contribution is 2.33. The van der Waals surface area contributed by atoms with Gasteiger partial charge in [-0.3, -0.25) is 14.8 Å². The third kappa shape index (κ3) is 5.04. The van der Waals surface area contributed by atoms with Gasteiger partial charge in [-0.15, -0.1) is 22.7 Å². The van der Waals surface area contributed by atoms with Crippen molar-refractivity contribution < 1.29 is 13.2 Å². The first-order valence-corrected chi connectivity index (χ1v) is 13.0. The van der Waals surface area contributed by atoms with Gasteiger partial charge < -0.3 is 0 Å². The number of thiophene rings is 1.